The fourth-order valence-electron chi connectivity index (χ4n) is 6.07. The van der Waals surface area contributed by atoms with Gasteiger partial charge in [-0.2, -0.15) is 0 Å². The lowest BCUT2D eigenvalue weighted by molar-refractivity contribution is 0.100. The number of halogens is 2. The first-order valence-corrected chi connectivity index (χ1v) is 16.0. The summed E-state index contributed by atoms with van der Waals surface area (Å²) < 4.78 is 27.9. The second kappa shape index (κ2) is 15.0. The topological polar surface area (TPSA) is 142 Å². The number of hydrogen-bond donors (Lipinski definition) is 5. The van der Waals surface area contributed by atoms with E-state index in [4.69, 9.17) is 11.5 Å². The van der Waals surface area contributed by atoms with E-state index in [1.54, 1.807) is 72.8 Å². The number of amidine groups is 1. The van der Waals surface area contributed by atoms with E-state index in [-0.39, 0.29) is 29.0 Å². The minimum absolute atomic E-state index is 0.0487. The Bertz CT molecular complexity index is 2280. The Labute approximate surface area is 294 Å². The number of hydrogen-bond acceptors (Lipinski definition) is 5. The zero-order valence-electron chi connectivity index (χ0n) is 28.5. The Kier molecular flexibility index (Phi) is 10.5. The van der Waals surface area contributed by atoms with Gasteiger partial charge in [0.15, 0.2) is 5.84 Å². The summed E-state index contributed by atoms with van der Waals surface area (Å²) in [7, 11) is 0. The number of phenols is 2. The lowest BCUT2D eigenvalue weighted by atomic mass is 9.86. The first-order chi connectivity index (χ1) is 24.3. The van der Waals surface area contributed by atoms with Crippen molar-refractivity contribution in [3.8, 4) is 56.0 Å². The summed E-state index contributed by atoms with van der Waals surface area (Å²) in [6, 6.07) is 29.8. The molecule has 0 atom stereocenters. The van der Waals surface area contributed by atoms with Crippen LogP contribution in [0.1, 0.15) is 38.2 Å². The van der Waals surface area contributed by atoms with Gasteiger partial charge < -0.3 is 26.9 Å². The van der Waals surface area contributed by atoms with Crippen LogP contribution < -0.4 is 11.5 Å². The molecule has 0 aliphatic carbocycles. The number of nitrogens with zero attached hydrogens (tertiary/aromatic N) is 1. The number of rotatable bonds is 6. The Balaban J connectivity index is 0.000000198. The number of nitrogens with two attached hydrogens (primary N) is 2. The minimum Gasteiger partial charge on any atom is -0.508 e. The predicted molar refractivity (Wildman–Crippen MR) is 198 cm³/mol. The van der Waals surface area contributed by atoms with E-state index in [0.717, 1.165) is 44.5 Å². The van der Waals surface area contributed by atoms with Crippen molar-refractivity contribution < 1.29 is 29.0 Å². The fourth-order valence-corrected chi connectivity index (χ4v) is 6.07. The molecule has 7 N–H and O–H groups in total. The number of aryl methyl sites for hydroxylation is 4. The summed E-state index contributed by atoms with van der Waals surface area (Å²) in [5, 5.41) is 31.5. The Hall–Kier alpha value is -6.48. The van der Waals surface area contributed by atoms with Gasteiger partial charge in [-0.05, 0) is 144 Å². The summed E-state index contributed by atoms with van der Waals surface area (Å²) in [6.45, 7) is 7.52. The van der Waals surface area contributed by atoms with Gasteiger partial charge in [-0.1, -0.05) is 53.7 Å². The highest BCUT2D eigenvalue weighted by Crippen LogP contribution is 2.40. The number of amides is 1. The first kappa shape index (κ1) is 35.8. The summed E-state index contributed by atoms with van der Waals surface area (Å²) >= 11 is 0. The van der Waals surface area contributed by atoms with Crippen LogP contribution in [0.3, 0.4) is 0 Å². The molecule has 6 rings (SSSR count). The van der Waals surface area contributed by atoms with Crippen molar-refractivity contribution in [1.82, 2.24) is 0 Å². The molecular formula is C42H37F2N3O4. The van der Waals surface area contributed by atoms with Crippen LogP contribution in [-0.2, 0) is 0 Å². The third kappa shape index (κ3) is 7.89. The van der Waals surface area contributed by atoms with Crippen LogP contribution in [0.25, 0.3) is 44.5 Å². The smallest absolute Gasteiger partial charge is 0.249 e. The van der Waals surface area contributed by atoms with Gasteiger partial charge in [0.2, 0.25) is 5.91 Å². The van der Waals surface area contributed by atoms with Crippen LogP contribution in [0, 0.1) is 39.3 Å². The number of carbonyl (C=O) groups excluding carboxylic acids is 1. The Morgan fingerprint density at radius 2 is 0.941 bits per heavy atom. The predicted octanol–water partition coefficient (Wildman–Crippen LogP) is 9.16. The molecule has 0 aliphatic rings. The highest BCUT2D eigenvalue weighted by atomic mass is 19.1. The molecule has 0 heterocycles. The van der Waals surface area contributed by atoms with Crippen LogP contribution >= 0.6 is 0 Å². The van der Waals surface area contributed by atoms with Gasteiger partial charge in [-0.15, -0.1) is 0 Å². The van der Waals surface area contributed by atoms with Gasteiger partial charge in [-0.25, -0.2) is 8.78 Å². The van der Waals surface area contributed by atoms with E-state index < -0.39 is 5.91 Å². The fraction of sp³-hybridized carbons (Fsp3) is 0.0952. The summed E-state index contributed by atoms with van der Waals surface area (Å²) in [6.07, 6.45) is 0. The second-order valence-electron chi connectivity index (χ2n) is 12.3. The van der Waals surface area contributed by atoms with Crippen LogP contribution in [0.15, 0.2) is 114 Å². The summed E-state index contributed by atoms with van der Waals surface area (Å²) in [5.74, 6) is -1.06. The maximum atomic E-state index is 14.0. The number of primary amides is 1. The van der Waals surface area contributed by atoms with Crippen molar-refractivity contribution in [1.29, 1.82) is 0 Å². The monoisotopic (exact) mass is 685 g/mol. The maximum Gasteiger partial charge on any atom is 0.249 e. The molecule has 0 bridgehead atoms. The number of phenolic OH excluding ortho intramolecular Hbond substituents is 2. The normalized spacial score (nSPS) is 11.1. The van der Waals surface area contributed by atoms with E-state index in [9.17, 15) is 29.0 Å². The van der Waals surface area contributed by atoms with Gasteiger partial charge in [0.1, 0.15) is 23.1 Å². The highest BCUT2D eigenvalue weighted by molar-refractivity contribution is 6.07. The van der Waals surface area contributed by atoms with Crippen molar-refractivity contribution >= 4 is 11.7 Å². The molecule has 6 aromatic carbocycles. The van der Waals surface area contributed by atoms with Gasteiger partial charge >= 0.3 is 0 Å². The van der Waals surface area contributed by atoms with Crippen molar-refractivity contribution in [3.05, 3.63) is 154 Å². The molecule has 7 nitrogen and oxygen atoms in total. The lowest BCUT2D eigenvalue weighted by Crippen LogP contribution is -2.15. The van der Waals surface area contributed by atoms with E-state index >= 15 is 0 Å². The van der Waals surface area contributed by atoms with Crippen molar-refractivity contribution in [2.24, 2.45) is 16.6 Å². The molecule has 258 valence electrons. The van der Waals surface area contributed by atoms with E-state index in [1.807, 2.05) is 39.8 Å². The SMILES string of the molecule is Cc1cc(C(N)=NO)c(-c2cc(F)ccc2C)c(-c2ccc(O)cc2)c1.Cc1cc(C(N)=O)c(-c2cc(F)ccc2C)c(-c2ccc(O)cc2)c1. The van der Waals surface area contributed by atoms with Crippen molar-refractivity contribution in [2.45, 2.75) is 27.7 Å². The molecule has 9 heteroatoms. The molecule has 1 amide bonds. The van der Waals surface area contributed by atoms with Crippen LogP contribution in [0.5, 0.6) is 11.5 Å². The highest BCUT2D eigenvalue weighted by Gasteiger charge is 2.20. The quantitative estimate of drug-likeness (QED) is 0.0514. The van der Waals surface area contributed by atoms with E-state index in [1.165, 1.54) is 24.3 Å². The van der Waals surface area contributed by atoms with Gasteiger partial charge in [0.25, 0.3) is 0 Å². The average Bonchev–Trinajstić information content (AvgIpc) is 3.10. The summed E-state index contributed by atoms with van der Waals surface area (Å²) in [5.41, 5.74) is 21.6. The van der Waals surface area contributed by atoms with Crippen molar-refractivity contribution in [2.75, 3.05) is 0 Å². The standard InChI is InChI=1S/C21H19FN2O2.C21H18FNO2/c1-12-9-18(14-4-7-16(25)8-5-14)20(19(10-12)21(23)24-26)17-11-15(22)6-3-13(17)2;1-12-9-18(14-4-7-16(24)8-5-14)20(19(10-12)21(23)25)17-11-15(22)6-3-13(17)2/h3-11,25-26H,1-2H3,(H2,23,24);3-11,24H,1-2H3,(H2,23,25). The molecule has 0 spiro atoms. The molecule has 0 saturated heterocycles. The second-order valence-corrected chi connectivity index (χ2v) is 12.3. The zero-order valence-corrected chi connectivity index (χ0v) is 28.5. The van der Waals surface area contributed by atoms with Gasteiger partial charge in [0, 0.05) is 22.3 Å². The van der Waals surface area contributed by atoms with Crippen LogP contribution in [0.2, 0.25) is 0 Å². The lowest BCUT2D eigenvalue weighted by Gasteiger charge is -2.18. The largest absolute Gasteiger partial charge is 0.508 e. The van der Waals surface area contributed by atoms with Crippen LogP contribution in [0.4, 0.5) is 8.78 Å². The molecule has 0 saturated carbocycles. The molecule has 6 aromatic rings. The number of carbonyl (C=O) groups is 1. The Morgan fingerprint density at radius 1 is 0.549 bits per heavy atom. The number of oxime groups is 1. The maximum absolute atomic E-state index is 14.0. The van der Waals surface area contributed by atoms with Crippen molar-refractivity contribution in [3.63, 3.8) is 0 Å². The van der Waals surface area contributed by atoms with Gasteiger partial charge in [0.05, 0.1) is 0 Å². The average molecular weight is 686 g/mol. The van der Waals surface area contributed by atoms with E-state index in [2.05, 4.69) is 5.16 Å². The van der Waals surface area contributed by atoms with Gasteiger partial charge in [-0.3, -0.25) is 4.79 Å². The molecule has 0 unspecified atom stereocenters. The zero-order chi connectivity index (χ0) is 37.0. The molecule has 51 heavy (non-hydrogen) atoms. The Morgan fingerprint density at radius 3 is 1.33 bits per heavy atom. The molecule has 0 aliphatic heterocycles. The third-order valence-electron chi connectivity index (χ3n) is 8.51. The molecule has 0 aromatic heterocycles. The van der Waals surface area contributed by atoms with Crippen LogP contribution in [-0.4, -0.2) is 27.2 Å². The molecule has 0 fully saturated rings. The first-order valence-electron chi connectivity index (χ1n) is 16.0. The third-order valence-corrected chi connectivity index (χ3v) is 8.51. The molecule has 0 radical (unpaired) electrons. The number of aromatic hydroxyl groups is 2. The molecular weight excluding hydrogens is 648 g/mol. The summed E-state index contributed by atoms with van der Waals surface area (Å²) in [4.78, 5) is 12.1. The minimum atomic E-state index is -0.567. The number of benzene rings is 6. The van der Waals surface area contributed by atoms with E-state index in [0.29, 0.717) is 33.4 Å².